The van der Waals surface area contributed by atoms with Gasteiger partial charge in [-0.05, 0) is 56.8 Å². The Balaban J connectivity index is 1.36. The predicted octanol–water partition coefficient (Wildman–Crippen LogP) is 2.52. The number of nitrogens with zero attached hydrogens (tertiary/aromatic N) is 2. The van der Waals surface area contributed by atoms with Crippen molar-refractivity contribution < 1.29 is 0 Å². The molecule has 5 heteroatoms. The van der Waals surface area contributed by atoms with E-state index >= 15 is 0 Å². The summed E-state index contributed by atoms with van der Waals surface area (Å²) in [6.07, 6.45) is 4.54. The number of rotatable bonds is 4. The summed E-state index contributed by atoms with van der Waals surface area (Å²) in [6, 6.07) is 8.32. The molecule has 3 heterocycles. The topological polar surface area (TPSA) is 53.1 Å². The van der Waals surface area contributed by atoms with Crippen LogP contribution in [0.2, 0.25) is 0 Å². The van der Waals surface area contributed by atoms with E-state index in [1.165, 1.54) is 18.4 Å². The van der Waals surface area contributed by atoms with Gasteiger partial charge >= 0.3 is 5.69 Å². The third kappa shape index (κ3) is 3.44. The van der Waals surface area contributed by atoms with Crippen molar-refractivity contribution in [3.8, 4) is 0 Å². The highest BCUT2D eigenvalue weighted by Gasteiger charge is 2.24. The fourth-order valence-electron chi connectivity index (χ4n) is 4.40. The molecule has 2 fully saturated rings. The highest BCUT2D eigenvalue weighted by atomic mass is 16.1. The lowest BCUT2D eigenvalue weighted by Gasteiger charge is -2.34. The number of hydrogen-bond acceptors (Lipinski definition) is 3. The lowest BCUT2D eigenvalue weighted by Crippen LogP contribution is -2.39. The monoisotopic (exact) mass is 340 g/mol. The zero-order valence-corrected chi connectivity index (χ0v) is 14.8. The van der Waals surface area contributed by atoms with Crippen LogP contribution in [0.4, 0.5) is 0 Å². The molecule has 1 unspecified atom stereocenters. The van der Waals surface area contributed by atoms with E-state index in [1.807, 2.05) is 28.8 Å². The number of imidazole rings is 1. The molecule has 0 amide bonds. The Morgan fingerprint density at radius 1 is 1.16 bits per heavy atom. The normalized spacial score (nSPS) is 23.4. The van der Waals surface area contributed by atoms with Crippen molar-refractivity contribution in [3.63, 3.8) is 0 Å². The first-order chi connectivity index (χ1) is 12.2. The summed E-state index contributed by atoms with van der Waals surface area (Å²) in [5.74, 6) is 0.676. The maximum Gasteiger partial charge on any atom is 0.326 e. The highest BCUT2D eigenvalue weighted by Crippen LogP contribution is 2.26. The minimum absolute atomic E-state index is 0.0330. The van der Waals surface area contributed by atoms with E-state index in [1.54, 1.807) is 0 Å². The van der Waals surface area contributed by atoms with Gasteiger partial charge in [-0.15, -0.1) is 0 Å². The Kier molecular flexibility index (Phi) is 4.77. The molecule has 4 rings (SSSR count). The van der Waals surface area contributed by atoms with Gasteiger partial charge in [0.1, 0.15) is 0 Å². The molecule has 2 N–H and O–H groups in total. The quantitative estimate of drug-likeness (QED) is 0.841. The average Bonchev–Trinajstić information content (AvgIpc) is 2.97. The van der Waals surface area contributed by atoms with Crippen LogP contribution in [0, 0.1) is 5.92 Å². The number of aromatic amines is 1. The number of likely N-dealkylation sites (tertiary alicyclic amines) is 1. The van der Waals surface area contributed by atoms with E-state index in [4.69, 9.17) is 0 Å². The van der Waals surface area contributed by atoms with Gasteiger partial charge in [-0.3, -0.25) is 4.57 Å². The van der Waals surface area contributed by atoms with Crippen molar-refractivity contribution in [1.82, 2.24) is 19.8 Å². The molecular formula is C20H28N4O. The third-order valence-corrected chi connectivity index (χ3v) is 5.94. The number of nitrogens with one attached hydrogen (secondary N) is 2. The molecule has 2 aliphatic rings. The van der Waals surface area contributed by atoms with Crippen molar-refractivity contribution in [2.75, 3.05) is 32.7 Å². The van der Waals surface area contributed by atoms with Crippen molar-refractivity contribution in [3.05, 3.63) is 46.9 Å². The van der Waals surface area contributed by atoms with Crippen LogP contribution in [-0.4, -0.2) is 47.2 Å². The Morgan fingerprint density at radius 2 is 1.96 bits per heavy atom. The number of piperidine rings is 2. The fourth-order valence-corrected chi connectivity index (χ4v) is 4.40. The molecule has 134 valence electrons. The zero-order valence-electron chi connectivity index (χ0n) is 14.8. The molecule has 5 nitrogen and oxygen atoms in total. The second-order valence-corrected chi connectivity index (χ2v) is 7.50. The third-order valence-electron chi connectivity index (χ3n) is 5.94. The first-order valence-electron chi connectivity index (χ1n) is 9.52. The van der Waals surface area contributed by atoms with Crippen LogP contribution in [0.15, 0.2) is 41.2 Å². The van der Waals surface area contributed by atoms with Crippen LogP contribution < -0.4 is 11.0 Å². The molecule has 25 heavy (non-hydrogen) atoms. The first kappa shape index (κ1) is 16.6. The molecular weight excluding hydrogens is 312 g/mol. The van der Waals surface area contributed by atoms with Crippen LogP contribution in [0.1, 0.15) is 31.7 Å². The van der Waals surface area contributed by atoms with Crippen LogP contribution >= 0.6 is 0 Å². The molecule has 2 aliphatic heterocycles. The molecule has 1 aromatic carbocycles. The standard InChI is InChI=1S/C20H28N4O/c1-15-14-21-10-6-16(15)7-11-23-12-8-17(9-13-23)24-19-5-3-2-4-18(19)22-20(24)25/h2-5,16-17,21H,1,6-14H2,(H,22,25). The number of para-hydroxylation sites is 2. The average molecular weight is 340 g/mol. The van der Waals surface area contributed by atoms with E-state index in [-0.39, 0.29) is 5.69 Å². The number of aromatic nitrogens is 2. The summed E-state index contributed by atoms with van der Waals surface area (Å²) in [5, 5.41) is 3.40. The van der Waals surface area contributed by atoms with Crippen LogP contribution in [-0.2, 0) is 0 Å². The fraction of sp³-hybridized carbons (Fsp3) is 0.550. The van der Waals surface area contributed by atoms with E-state index < -0.39 is 0 Å². The first-order valence-corrected chi connectivity index (χ1v) is 9.52. The van der Waals surface area contributed by atoms with Gasteiger partial charge in [0.05, 0.1) is 11.0 Å². The zero-order chi connectivity index (χ0) is 17.2. The number of H-pyrrole nitrogens is 1. The van der Waals surface area contributed by atoms with Crippen LogP contribution in [0.3, 0.4) is 0 Å². The largest absolute Gasteiger partial charge is 0.326 e. The second kappa shape index (κ2) is 7.18. The lowest BCUT2D eigenvalue weighted by atomic mass is 9.90. The summed E-state index contributed by atoms with van der Waals surface area (Å²) in [6.45, 7) is 9.63. The molecule has 0 bridgehead atoms. The van der Waals surface area contributed by atoms with Gasteiger partial charge < -0.3 is 15.2 Å². The van der Waals surface area contributed by atoms with Gasteiger partial charge in [0.25, 0.3) is 0 Å². The number of fused-ring (bicyclic) bond motifs is 1. The summed E-state index contributed by atoms with van der Waals surface area (Å²) < 4.78 is 1.97. The van der Waals surface area contributed by atoms with Crippen molar-refractivity contribution in [1.29, 1.82) is 0 Å². The van der Waals surface area contributed by atoms with Gasteiger partial charge in [0.2, 0.25) is 0 Å². The SMILES string of the molecule is C=C1CNCCC1CCN1CCC(n2c(=O)[nH]c3ccccc32)CC1. The van der Waals surface area contributed by atoms with Gasteiger partial charge in [-0.1, -0.05) is 24.3 Å². The molecule has 1 aromatic heterocycles. The minimum Gasteiger partial charge on any atom is -0.313 e. The Morgan fingerprint density at radius 3 is 2.76 bits per heavy atom. The summed E-state index contributed by atoms with van der Waals surface area (Å²) in [7, 11) is 0. The van der Waals surface area contributed by atoms with Crippen molar-refractivity contribution in [2.24, 2.45) is 5.92 Å². The molecule has 0 radical (unpaired) electrons. The van der Waals surface area contributed by atoms with Crippen molar-refractivity contribution >= 4 is 11.0 Å². The molecule has 2 aromatic rings. The summed E-state index contributed by atoms with van der Waals surface area (Å²) in [4.78, 5) is 17.9. The van der Waals surface area contributed by atoms with Gasteiger partial charge in [0, 0.05) is 25.7 Å². The smallest absolute Gasteiger partial charge is 0.313 e. The highest BCUT2D eigenvalue weighted by molar-refractivity contribution is 5.75. The number of benzene rings is 1. The summed E-state index contributed by atoms with van der Waals surface area (Å²) >= 11 is 0. The second-order valence-electron chi connectivity index (χ2n) is 7.50. The number of hydrogen-bond donors (Lipinski definition) is 2. The van der Waals surface area contributed by atoms with Crippen LogP contribution in [0.5, 0.6) is 0 Å². The van der Waals surface area contributed by atoms with Crippen molar-refractivity contribution in [2.45, 2.75) is 31.7 Å². The van der Waals surface area contributed by atoms with E-state index in [2.05, 4.69) is 21.8 Å². The van der Waals surface area contributed by atoms with E-state index in [9.17, 15) is 4.79 Å². The minimum atomic E-state index is 0.0330. The van der Waals surface area contributed by atoms with Gasteiger partial charge in [0.15, 0.2) is 0 Å². The lowest BCUT2D eigenvalue weighted by molar-refractivity contribution is 0.177. The maximum atomic E-state index is 12.4. The molecule has 1 atom stereocenters. The van der Waals surface area contributed by atoms with Gasteiger partial charge in [-0.25, -0.2) is 4.79 Å². The molecule has 2 saturated heterocycles. The molecule has 0 aliphatic carbocycles. The van der Waals surface area contributed by atoms with Crippen LogP contribution in [0.25, 0.3) is 11.0 Å². The predicted molar refractivity (Wildman–Crippen MR) is 102 cm³/mol. The molecule has 0 spiro atoms. The van der Waals surface area contributed by atoms with Gasteiger partial charge in [-0.2, -0.15) is 0 Å². The van der Waals surface area contributed by atoms with E-state index in [0.29, 0.717) is 12.0 Å². The Labute approximate surface area is 148 Å². The maximum absolute atomic E-state index is 12.4. The van der Waals surface area contributed by atoms with E-state index in [0.717, 1.165) is 56.6 Å². The summed E-state index contributed by atoms with van der Waals surface area (Å²) in [5.41, 5.74) is 3.38. The molecule has 0 saturated carbocycles. The Hall–Kier alpha value is -1.85. The Bertz CT molecular complexity index is 797.